The maximum Gasteiger partial charge on any atom is 0.267 e. The number of hydrogen-bond acceptors (Lipinski definition) is 6. The van der Waals surface area contributed by atoms with Crippen molar-refractivity contribution in [2.24, 2.45) is 0 Å². The summed E-state index contributed by atoms with van der Waals surface area (Å²) in [5.41, 5.74) is 4.81. The second-order valence-corrected chi connectivity index (χ2v) is 7.56. The third kappa shape index (κ3) is 2.81. The number of nitriles is 1. The predicted molar refractivity (Wildman–Crippen MR) is 98.8 cm³/mol. The van der Waals surface area contributed by atoms with Gasteiger partial charge in [-0.15, -0.1) is 0 Å². The van der Waals surface area contributed by atoms with Gasteiger partial charge in [0.2, 0.25) is 0 Å². The molecule has 2 aromatic heterocycles. The first-order valence-corrected chi connectivity index (χ1v) is 9.62. The Hall–Kier alpha value is -2.72. The van der Waals surface area contributed by atoms with E-state index in [0.717, 1.165) is 55.5 Å². The number of nitrogens with zero attached hydrogens (tertiary/aromatic N) is 4. The van der Waals surface area contributed by atoms with Crippen molar-refractivity contribution in [1.29, 1.82) is 5.26 Å². The van der Waals surface area contributed by atoms with Crippen molar-refractivity contribution in [3.05, 3.63) is 50.6 Å². The Morgan fingerprint density at radius 2 is 1.89 bits per heavy atom. The van der Waals surface area contributed by atoms with Gasteiger partial charge in [0.1, 0.15) is 17.9 Å². The molecule has 2 aliphatic carbocycles. The van der Waals surface area contributed by atoms with E-state index in [1.54, 1.807) is 10.7 Å². The number of rotatable bonds is 3. The van der Waals surface area contributed by atoms with E-state index in [0.29, 0.717) is 24.6 Å². The molecule has 3 heterocycles. The highest BCUT2D eigenvalue weighted by Gasteiger charge is 2.33. The van der Waals surface area contributed by atoms with E-state index in [2.05, 4.69) is 16.5 Å². The van der Waals surface area contributed by atoms with Crippen molar-refractivity contribution >= 4 is 5.82 Å². The first kappa shape index (κ1) is 16.5. The lowest BCUT2D eigenvalue weighted by Crippen LogP contribution is -2.38. The third-order valence-electron chi connectivity index (χ3n) is 5.84. The molecule has 0 amide bonds. The van der Waals surface area contributed by atoms with Gasteiger partial charge in [-0.2, -0.15) is 10.4 Å². The molecule has 0 radical (unpaired) electrons. The Kier molecular flexibility index (Phi) is 3.94. The number of nitrogens with one attached hydrogen (secondary N) is 1. The Balaban J connectivity index is 1.46. The van der Waals surface area contributed by atoms with Gasteiger partial charge in [0.25, 0.3) is 5.56 Å². The van der Waals surface area contributed by atoms with Gasteiger partial charge in [-0.25, -0.2) is 9.67 Å². The van der Waals surface area contributed by atoms with E-state index in [1.807, 2.05) is 6.07 Å². The zero-order valence-electron chi connectivity index (χ0n) is 15.1. The summed E-state index contributed by atoms with van der Waals surface area (Å²) in [6.07, 6.45) is 5.94. The standard InChI is InChI=1S/C20H21N5O2/c21-9-14-7-12-3-1-5-15(12)22-20(14)23-17-10-27-11-18(17)25-19(26)8-13-4-2-6-16(13)24-25/h7-8,17-18H,1-6,10-11H2,(H,22,23). The van der Waals surface area contributed by atoms with E-state index in [4.69, 9.17) is 9.72 Å². The summed E-state index contributed by atoms with van der Waals surface area (Å²) < 4.78 is 7.23. The molecule has 138 valence electrons. The molecule has 1 aliphatic heterocycles. The fourth-order valence-corrected chi connectivity index (χ4v) is 4.42. The lowest BCUT2D eigenvalue weighted by Gasteiger charge is -2.22. The van der Waals surface area contributed by atoms with Gasteiger partial charge in [-0.1, -0.05) is 0 Å². The molecule has 1 fully saturated rings. The Morgan fingerprint density at radius 3 is 2.70 bits per heavy atom. The molecule has 7 nitrogen and oxygen atoms in total. The Bertz CT molecular complexity index is 1010. The molecule has 2 unspecified atom stereocenters. The van der Waals surface area contributed by atoms with E-state index in [1.165, 1.54) is 5.56 Å². The fourth-order valence-electron chi connectivity index (χ4n) is 4.42. The molecule has 2 atom stereocenters. The molecular weight excluding hydrogens is 342 g/mol. The van der Waals surface area contributed by atoms with E-state index < -0.39 is 0 Å². The highest BCUT2D eigenvalue weighted by atomic mass is 16.5. The van der Waals surface area contributed by atoms with Crippen LogP contribution in [0.4, 0.5) is 5.82 Å². The van der Waals surface area contributed by atoms with Gasteiger partial charge < -0.3 is 10.1 Å². The van der Waals surface area contributed by atoms with Gasteiger partial charge in [-0.3, -0.25) is 4.79 Å². The minimum Gasteiger partial charge on any atom is -0.377 e. The molecule has 5 rings (SSSR count). The van der Waals surface area contributed by atoms with Crippen LogP contribution in [-0.2, 0) is 30.4 Å². The summed E-state index contributed by atoms with van der Waals surface area (Å²) in [4.78, 5) is 17.3. The summed E-state index contributed by atoms with van der Waals surface area (Å²) in [5, 5.41) is 17.5. The molecular formula is C20H21N5O2. The number of ether oxygens (including phenoxy) is 1. The lowest BCUT2D eigenvalue weighted by atomic mass is 10.1. The average molecular weight is 363 g/mol. The highest BCUT2D eigenvalue weighted by molar-refractivity contribution is 5.55. The van der Waals surface area contributed by atoms with Crippen molar-refractivity contribution in [2.45, 2.75) is 50.6 Å². The van der Waals surface area contributed by atoms with Crippen LogP contribution in [0.3, 0.4) is 0 Å². The van der Waals surface area contributed by atoms with Crippen LogP contribution in [-0.4, -0.2) is 34.0 Å². The number of aromatic nitrogens is 3. The zero-order chi connectivity index (χ0) is 18.4. The summed E-state index contributed by atoms with van der Waals surface area (Å²) in [6, 6.07) is 5.57. The summed E-state index contributed by atoms with van der Waals surface area (Å²) in [7, 11) is 0. The van der Waals surface area contributed by atoms with Crippen molar-refractivity contribution in [1.82, 2.24) is 14.8 Å². The zero-order valence-corrected chi connectivity index (χ0v) is 15.1. The Morgan fingerprint density at radius 1 is 1.11 bits per heavy atom. The second-order valence-electron chi connectivity index (χ2n) is 7.56. The summed E-state index contributed by atoms with van der Waals surface area (Å²) in [5.74, 6) is 0.591. The van der Waals surface area contributed by atoms with Crippen LogP contribution in [0.15, 0.2) is 16.9 Å². The second kappa shape index (κ2) is 6.46. The first-order chi connectivity index (χ1) is 13.2. The van der Waals surface area contributed by atoms with Gasteiger partial charge >= 0.3 is 0 Å². The first-order valence-electron chi connectivity index (χ1n) is 9.62. The topological polar surface area (TPSA) is 92.8 Å². The number of anilines is 1. The van der Waals surface area contributed by atoms with Crippen LogP contribution < -0.4 is 10.9 Å². The minimum atomic E-state index is -0.204. The molecule has 27 heavy (non-hydrogen) atoms. The molecule has 0 saturated carbocycles. The lowest BCUT2D eigenvalue weighted by molar-refractivity contribution is 0.182. The van der Waals surface area contributed by atoms with Crippen LogP contribution >= 0.6 is 0 Å². The molecule has 3 aliphatic rings. The van der Waals surface area contributed by atoms with Crippen LogP contribution in [0.1, 0.15) is 47.0 Å². The van der Waals surface area contributed by atoms with Gasteiger partial charge in [0.15, 0.2) is 0 Å². The van der Waals surface area contributed by atoms with Crippen molar-refractivity contribution in [2.75, 3.05) is 18.5 Å². The van der Waals surface area contributed by atoms with E-state index in [-0.39, 0.29) is 17.6 Å². The minimum absolute atomic E-state index is 0.0830. The van der Waals surface area contributed by atoms with Crippen LogP contribution in [0.5, 0.6) is 0 Å². The van der Waals surface area contributed by atoms with Gasteiger partial charge in [0.05, 0.1) is 30.5 Å². The molecule has 0 spiro atoms. The normalized spacial score (nSPS) is 23.1. The average Bonchev–Trinajstić information content (AvgIpc) is 3.40. The molecule has 0 aromatic carbocycles. The molecule has 2 aromatic rings. The van der Waals surface area contributed by atoms with Gasteiger partial charge in [-0.05, 0) is 55.7 Å². The number of aryl methyl sites for hydroxylation is 4. The summed E-state index contributed by atoms with van der Waals surface area (Å²) >= 11 is 0. The SMILES string of the molecule is N#Cc1cc2c(nc1NC1COCC1n1nc3c(cc1=O)CCC3)CCC2. The summed E-state index contributed by atoms with van der Waals surface area (Å²) in [6.45, 7) is 0.885. The Labute approximate surface area is 157 Å². The third-order valence-corrected chi connectivity index (χ3v) is 5.84. The van der Waals surface area contributed by atoms with Crippen LogP contribution in [0, 0.1) is 11.3 Å². The molecule has 1 N–H and O–H groups in total. The largest absolute Gasteiger partial charge is 0.377 e. The molecule has 1 saturated heterocycles. The quantitative estimate of drug-likeness (QED) is 0.889. The smallest absolute Gasteiger partial charge is 0.267 e. The van der Waals surface area contributed by atoms with Crippen molar-refractivity contribution in [3.63, 3.8) is 0 Å². The molecule has 7 heteroatoms. The maximum absolute atomic E-state index is 12.6. The fraction of sp³-hybridized carbons (Fsp3) is 0.500. The van der Waals surface area contributed by atoms with Crippen LogP contribution in [0.2, 0.25) is 0 Å². The van der Waals surface area contributed by atoms with E-state index in [9.17, 15) is 10.1 Å². The predicted octanol–water partition coefficient (Wildman–Crippen LogP) is 1.54. The maximum atomic E-state index is 12.6. The number of hydrogen-bond donors (Lipinski definition) is 1. The van der Waals surface area contributed by atoms with E-state index >= 15 is 0 Å². The van der Waals surface area contributed by atoms with Gasteiger partial charge in [0, 0.05) is 11.8 Å². The van der Waals surface area contributed by atoms with Crippen molar-refractivity contribution in [3.8, 4) is 6.07 Å². The highest BCUT2D eigenvalue weighted by Crippen LogP contribution is 2.28. The monoisotopic (exact) mass is 363 g/mol. The molecule has 0 bridgehead atoms. The number of fused-ring (bicyclic) bond motifs is 2. The van der Waals surface area contributed by atoms with Crippen LogP contribution in [0.25, 0.3) is 0 Å². The van der Waals surface area contributed by atoms with Crippen molar-refractivity contribution < 1.29 is 4.74 Å². The number of pyridine rings is 1.